The number of nitrogens with one attached hydrogen (secondary N) is 1. The van der Waals surface area contributed by atoms with Crippen molar-refractivity contribution in [3.8, 4) is 0 Å². The molecule has 0 spiro atoms. The molecular weight excluding hydrogens is 128 g/mol. The van der Waals surface area contributed by atoms with Crippen LogP contribution in [-0.2, 0) is 0 Å². The molecule has 10 heavy (non-hydrogen) atoms. The summed E-state index contributed by atoms with van der Waals surface area (Å²) in [6.07, 6.45) is 0.781. The van der Waals surface area contributed by atoms with Crippen LogP contribution >= 0.6 is 0 Å². The van der Waals surface area contributed by atoms with Crippen LogP contribution in [0.2, 0.25) is 0 Å². The Labute approximate surface area is 62.0 Å². The molecule has 3 heteroatoms. The quantitative estimate of drug-likeness (QED) is 0.536. The average Bonchev–Trinajstić information content (AvgIpc) is 2.13. The van der Waals surface area contributed by atoms with Gasteiger partial charge in [-0.25, -0.2) is 0 Å². The Morgan fingerprint density at radius 2 is 2.30 bits per heavy atom. The number of hydrogen-bond donors (Lipinski definition) is 2. The molecule has 0 aromatic heterocycles. The van der Waals surface area contributed by atoms with Crippen molar-refractivity contribution in [2.24, 2.45) is 0 Å². The zero-order chi connectivity index (χ0) is 7.56. The Morgan fingerprint density at radius 1 is 1.60 bits per heavy atom. The molecule has 0 saturated carbocycles. The predicted molar refractivity (Wildman–Crippen MR) is 41.0 cm³/mol. The summed E-state index contributed by atoms with van der Waals surface area (Å²) in [5.74, 6) is 0. The van der Waals surface area contributed by atoms with E-state index in [0.29, 0.717) is 6.04 Å². The van der Waals surface area contributed by atoms with Gasteiger partial charge in [-0.1, -0.05) is 0 Å². The maximum atomic E-state index is 9.13. The van der Waals surface area contributed by atoms with Gasteiger partial charge < -0.3 is 15.3 Å². The van der Waals surface area contributed by atoms with Crippen molar-refractivity contribution in [1.29, 1.82) is 0 Å². The molecule has 2 atom stereocenters. The van der Waals surface area contributed by atoms with Crippen LogP contribution < -0.4 is 5.32 Å². The highest BCUT2D eigenvalue weighted by molar-refractivity contribution is 4.82. The first-order valence-electron chi connectivity index (χ1n) is 3.74. The summed E-state index contributed by atoms with van der Waals surface area (Å²) in [4.78, 5) is 2.13. The molecule has 2 N–H and O–H groups in total. The average molecular weight is 144 g/mol. The van der Waals surface area contributed by atoms with Gasteiger partial charge in [0.2, 0.25) is 0 Å². The number of hydrogen-bond acceptors (Lipinski definition) is 3. The summed E-state index contributed by atoms with van der Waals surface area (Å²) in [5.41, 5.74) is 0. The van der Waals surface area contributed by atoms with Gasteiger partial charge in [0.25, 0.3) is 0 Å². The third kappa shape index (κ3) is 2.25. The van der Waals surface area contributed by atoms with Gasteiger partial charge in [0.05, 0.1) is 6.10 Å². The Bertz CT molecular complexity index is 106. The van der Waals surface area contributed by atoms with Gasteiger partial charge >= 0.3 is 0 Å². The Kier molecular flexibility index (Phi) is 2.65. The number of aliphatic hydroxyl groups is 1. The van der Waals surface area contributed by atoms with Crippen LogP contribution in [0.1, 0.15) is 6.42 Å². The van der Waals surface area contributed by atoms with Crippen molar-refractivity contribution < 1.29 is 5.11 Å². The highest BCUT2D eigenvalue weighted by atomic mass is 16.3. The van der Waals surface area contributed by atoms with Gasteiger partial charge in [-0.05, 0) is 20.5 Å². The van der Waals surface area contributed by atoms with Gasteiger partial charge in [0.1, 0.15) is 0 Å². The van der Waals surface area contributed by atoms with Crippen molar-refractivity contribution in [1.82, 2.24) is 10.2 Å². The predicted octanol–water partition coefficient (Wildman–Crippen LogP) is -0.729. The van der Waals surface area contributed by atoms with E-state index in [0.717, 1.165) is 19.5 Å². The molecular formula is C7H16N2O. The lowest BCUT2D eigenvalue weighted by Crippen LogP contribution is -2.33. The molecule has 0 aliphatic carbocycles. The molecule has 1 aliphatic heterocycles. The summed E-state index contributed by atoms with van der Waals surface area (Å²) < 4.78 is 0. The lowest BCUT2D eigenvalue weighted by Gasteiger charge is -2.15. The molecule has 3 nitrogen and oxygen atoms in total. The van der Waals surface area contributed by atoms with Gasteiger partial charge in [0.15, 0.2) is 0 Å². The van der Waals surface area contributed by atoms with Crippen LogP contribution in [0.15, 0.2) is 0 Å². The SMILES string of the molecule is CN(C)C[C@H]1C[C@@H](O)CN1. The van der Waals surface area contributed by atoms with Crippen molar-refractivity contribution >= 4 is 0 Å². The van der Waals surface area contributed by atoms with E-state index in [1.165, 1.54) is 0 Å². The lowest BCUT2D eigenvalue weighted by molar-refractivity contribution is 0.191. The Balaban J connectivity index is 2.18. The van der Waals surface area contributed by atoms with Crippen LogP contribution in [-0.4, -0.2) is 49.3 Å². The topological polar surface area (TPSA) is 35.5 Å². The second-order valence-corrected chi connectivity index (χ2v) is 3.26. The van der Waals surface area contributed by atoms with Crippen LogP contribution in [0.4, 0.5) is 0 Å². The van der Waals surface area contributed by atoms with Crippen molar-refractivity contribution in [3.63, 3.8) is 0 Å². The molecule has 1 saturated heterocycles. The molecule has 0 bridgehead atoms. The summed E-state index contributed by atoms with van der Waals surface area (Å²) >= 11 is 0. The number of rotatable bonds is 2. The second-order valence-electron chi connectivity index (χ2n) is 3.26. The van der Waals surface area contributed by atoms with Gasteiger partial charge in [-0.15, -0.1) is 0 Å². The Hall–Kier alpha value is -0.120. The minimum Gasteiger partial charge on any atom is -0.392 e. The fourth-order valence-corrected chi connectivity index (χ4v) is 1.38. The van der Waals surface area contributed by atoms with Crippen LogP contribution in [0, 0.1) is 0 Å². The van der Waals surface area contributed by atoms with E-state index in [1.54, 1.807) is 0 Å². The van der Waals surface area contributed by atoms with Gasteiger partial charge in [0, 0.05) is 19.1 Å². The maximum absolute atomic E-state index is 9.13. The van der Waals surface area contributed by atoms with E-state index in [2.05, 4.69) is 10.2 Å². The molecule has 0 radical (unpaired) electrons. The number of nitrogens with zero attached hydrogens (tertiary/aromatic N) is 1. The molecule has 1 heterocycles. The fourth-order valence-electron chi connectivity index (χ4n) is 1.38. The summed E-state index contributed by atoms with van der Waals surface area (Å²) in [7, 11) is 4.10. The fraction of sp³-hybridized carbons (Fsp3) is 1.00. The maximum Gasteiger partial charge on any atom is 0.0680 e. The van der Waals surface area contributed by atoms with Crippen LogP contribution in [0.3, 0.4) is 0 Å². The zero-order valence-corrected chi connectivity index (χ0v) is 6.67. The monoisotopic (exact) mass is 144 g/mol. The third-order valence-electron chi connectivity index (χ3n) is 1.78. The van der Waals surface area contributed by atoms with E-state index in [1.807, 2.05) is 14.1 Å². The standard InChI is InChI=1S/C7H16N2O/c1-9(2)5-6-3-7(10)4-8-6/h6-8,10H,3-5H2,1-2H3/t6-,7-/m1/s1. The molecule has 0 aromatic carbocycles. The van der Waals surface area contributed by atoms with E-state index in [4.69, 9.17) is 5.11 Å². The van der Waals surface area contributed by atoms with Gasteiger partial charge in [-0.3, -0.25) is 0 Å². The molecule has 0 unspecified atom stereocenters. The first-order chi connectivity index (χ1) is 4.68. The summed E-state index contributed by atoms with van der Waals surface area (Å²) in [6, 6.07) is 0.491. The first kappa shape index (κ1) is 7.98. The van der Waals surface area contributed by atoms with Crippen LogP contribution in [0.5, 0.6) is 0 Å². The van der Waals surface area contributed by atoms with Gasteiger partial charge in [-0.2, -0.15) is 0 Å². The minimum absolute atomic E-state index is 0.120. The minimum atomic E-state index is -0.120. The first-order valence-corrected chi connectivity index (χ1v) is 3.74. The molecule has 1 rings (SSSR count). The summed E-state index contributed by atoms with van der Waals surface area (Å²) in [6.45, 7) is 1.79. The third-order valence-corrected chi connectivity index (χ3v) is 1.78. The normalized spacial score (nSPS) is 33.6. The van der Waals surface area contributed by atoms with E-state index in [9.17, 15) is 0 Å². The molecule has 0 amide bonds. The molecule has 0 aromatic rings. The van der Waals surface area contributed by atoms with Crippen molar-refractivity contribution in [2.75, 3.05) is 27.2 Å². The molecule has 1 aliphatic rings. The highest BCUT2D eigenvalue weighted by Gasteiger charge is 2.21. The highest BCUT2D eigenvalue weighted by Crippen LogP contribution is 2.05. The van der Waals surface area contributed by atoms with Crippen molar-refractivity contribution in [2.45, 2.75) is 18.6 Å². The molecule has 1 fully saturated rings. The van der Waals surface area contributed by atoms with E-state index >= 15 is 0 Å². The van der Waals surface area contributed by atoms with Crippen LogP contribution in [0.25, 0.3) is 0 Å². The van der Waals surface area contributed by atoms with E-state index < -0.39 is 0 Å². The number of likely N-dealkylation sites (N-methyl/N-ethyl adjacent to an activating group) is 1. The van der Waals surface area contributed by atoms with E-state index in [-0.39, 0.29) is 6.10 Å². The number of aliphatic hydroxyl groups excluding tert-OH is 1. The summed E-state index contributed by atoms with van der Waals surface area (Å²) in [5, 5.41) is 12.4. The Morgan fingerprint density at radius 3 is 2.70 bits per heavy atom. The number of β-amino-alcohol motifs (C(OH)–C–C–N with tert-alkyl or cyclic N) is 1. The van der Waals surface area contributed by atoms with Crippen molar-refractivity contribution in [3.05, 3.63) is 0 Å². The lowest BCUT2D eigenvalue weighted by atomic mass is 10.2. The largest absolute Gasteiger partial charge is 0.392 e. The second kappa shape index (κ2) is 3.32. The molecule has 60 valence electrons. The zero-order valence-electron chi connectivity index (χ0n) is 6.67. The smallest absolute Gasteiger partial charge is 0.0680 e.